The first kappa shape index (κ1) is 23.2. The number of rotatable bonds is 9. The van der Waals surface area contributed by atoms with E-state index in [1.54, 1.807) is 4.68 Å². The van der Waals surface area contributed by atoms with Crippen LogP contribution < -0.4 is 5.32 Å². The first-order valence-corrected chi connectivity index (χ1v) is 12.2. The largest absolute Gasteiger partial charge is 0.342 e. The van der Waals surface area contributed by atoms with Gasteiger partial charge in [0.1, 0.15) is 5.82 Å². The van der Waals surface area contributed by atoms with Gasteiger partial charge in [0.25, 0.3) is 5.91 Å². The number of hydrogen-bond donors (Lipinski definition) is 1. The van der Waals surface area contributed by atoms with Crippen LogP contribution in [0.5, 0.6) is 0 Å². The van der Waals surface area contributed by atoms with Gasteiger partial charge in [-0.05, 0) is 41.7 Å². The Balaban J connectivity index is 1.41. The van der Waals surface area contributed by atoms with E-state index in [0.717, 1.165) is 29.1 Å². The lowest BCUT2D eigenvalue weighted by Gasteiger charge is -2.18. The predicted molar refractivity (Wildman–Crippen MR) is 142 cm³/mol. The summed E-state index contributed by atoms with van der Waals surface area (Å²) in [6.45, 7) is 0. The summed E-state index contributed by atoms with van der Waals surface area (Å²) in [4.78, 5) is 18.1. The molecule has 1 atom stereocenters. The summed E-state index contributed by atoms with van der Waals surface area (Å²) in [5, 5.41) is 7.83. The van der Waals surface area contributed by atoms with Crippen LogP contribution in [-0.2, 0) is 19.3 Å². The van der Waals surface area contributed by atoms with E-state index < -0.39 is 0 Å². The highest BCUT2D eigenvalue weighted by atomic mass is 16.2. The number of nitrogens with one attached hydrogen (secondary N) is 1. The van der Waals surface area contributed by atoms with E-state index in [2.05, 4.69) is 34.7 Å². The molecule has 178 valence electrons. The Bertz CT molecular complexity index is 1380. The van der Waals surface area contributed by atoms with Crippen molar-refractivity contribution < 1.29 is 4.79 Å². The van der Waals surface area contributed by atoms with E-state index in [-0.39, 0.29) is 17.8 Å². The Morgan fingerprint density at radius 1 is 0.694 bits per heavy atom. The number of aromatic nitrogens is 3. The van der Waals surface area contributed by atoms with E-state index in [1.165, 1.54) is 5.56 Å². The Morgan fingerprint density at radius 3 is 1.89 bits per heavy atom. The summed E-state index contributed by atoms with van der Waals surface area (Å²) < 4.78 is 1.78. The van der Waals surface area contributed by atoms with E-state index in [0.29, 0.717) is 12.8 Å². The predicted octanol–water partition coefficient (Wildman–Crippen LogP) is 5.77. The average molecular weight is 473 g/mol. The number of hydrogen-bond acceptors (Lipinski definition) is 3. The normalized spacial score (nSPS) is 11.7. The fourth-order valence-electron chi connectivity index (χ4n) is 4.29. The van der Waals surface area contributed by atoms with Crippen molar-refractivity contribution in [3.8, 4) is 5.69 Å². The molecule has 0 aliphatic rings. The second-order valence-electron chi connectivity index (χ2n) is 8.71. The summed E-state index contributed by atoms with van der Waals surface area (Å²) in [6.07, 6.45) is 2.16. The molecule has 5 aromatic rings. The molecule has 0 fully saturated rings. The monoisotopic (exact) mass is 472 g/mol. The number of nitrogens with zero attached hydrogens (tertiary/aromatic N) is 3. The number of amides is 1. The van der Waals surface area contributed by atoms with E-state index in [1.807, 2.05) is 97.1 Å². The van der Waals surface area contributed by atoms with E-state index >= 15 is 0 Å². The number of carbonyl (C=O) groups excluding carboxylic acids is 1. The van der Waals surface area contributed by atoms with Crippen molar-refractivity contribution in [2.45, 2.75) is 25.3 Å². The van der Waals surface area contributed by atoms with Crippen LogP contribution in [0.3, 0.4) is 0 Å². The van der Waals surface area contributed by atoms with Crippen molar-refractivity contribution in [1.82, 2.24) is 20.1 Å². The van der Waals surface area contributed by atoms with Crippen molar-refractivity contribution in [2.24, 2.45) is 0 Å². The maximum Gasteiger partial charge on any atom is 0.291 e. The molecule has 0 radical (unpaired) electrons. The van der Waals surface area contributed by atoms with Crippen molar-refractivity contribution in [1.29, 1.82) is 0 Å². The maximum absolute atomic E-state index is 13.4. The highest BCUT2D eigenvalue weighted by Gasteiger charge is 2.22. The molecule has 0 bridgehead atoms. The molecule has 1 heterocycles. The Labute approximate surface area is 211 Å². The zero-order valence-electron chi connectivity index (χ0n) is 20.0. The summed E-state index contributed by atoms with van der Waals surface area (Å²) in [5.74, 6) is 0.654. The first-order chi connectivity index (χ1) is 17.8. The van der Waals surface area contributed by atoms with Crippen LogP contribution in [0.15, 0.2) is 121 Å². The molecular weight excluding hydrogens is 444 g/mol. The second kappa shape index (κ2) is 11.3. The highest BCUT2D eigenvalue weighted by Crippen LogP contribution is 2.20. The molecule has 1 amide bonds. The lowest BCUT2D eigenvalue weighted by Crippen LogP contribution is -2.31. The van der Waals surface area contributed by atoms with Crippen LogP contribution in [-0.4, -0.2) is 20.7 Å². The number of carbonyl (C=O) groups is 1. The lowest BCUT2D eigenvalue weighted by atomic mass is 9.99. The van der Waals surface area contributed by atoms with E-state index in [9.17, 15) is 4.79 Å². The third-order valence-corrected chi connectivity index (χ3v) is 6.15. The molecule has 36 heavy (non-hydrogen) atoms. The van der Waals surface area contributed by atoms with Crippen molar-refractivity contribution >= 4 is 5.91 Å². The number of aryl methyl sites for hydroxylation is 2. The minimum atomic E-state index is -0.282. The average Bonchev–Trinajstić information content (AvgIpc) is 3.38. The van der Waals surface area contributed by atoms with Gasteiger partial charge in [-0.3, -0.25) is 4.79 Å². The van der Waals surface area contributed by atoms with Crippen LogP contribution in [0, 0.1) is 0 Å². The highest BCUT2D eigenvalue weighted by molar-refractivity contribution is 5.90. The van der Waals surface area contributed by atoms with Crippen LogP contribution in [0.25, 0.3) is 5.69 Å². The molecule has 5 rings (SSSR count). The Morgan fingerprint density at radius 2 is 1.25 bits per heavy atom. The lowest BCUT2D eigenvalue weighted by molar-refractivity contribution is 0.0926. The Hall–Kier alpha value is -4.51. The molecule has 1 N–H and O–H groups in total. The topological polar surface area (TPSA) is 59.8 Å². The van der Waals surface area contributed by atoms with Gasteiger partial charge in [-0.15, -0.1) is 5.10 Å². The zero-order chi connectivity index (χ0) is 24.6. The van der Waals surface area contributed by atoms with Gasteiger partial charge in [-0.1, -0.05) is 109 Å². The van der Waals surface area contributed by atoms with Gasteiger partial charge in [0.15, 0.2) is 0 Å². The fraction of sp³-hybridized carbons (Fsp3) is 0.129. The third kappa shape index (κ3) is 5.76. The number of para-hydroxylation sites is 1. The standard InChI is InChI=1S/C31H28N4O/c36-31(32-28(26-17-9-3-10-18-26)23-25-15-7-2-8-16-25)30-33-29(22-21-24-13-5-1-6-14-24)35(34-30)27-19-11-4-12-20-27/h1-20,28H,21-23H2,(H,32,36)/t28-/m1/s1. The van der Waals surface area contributed by atoms with E-state index in [4.69, 9.17) is 4.98 Å². The maximum atomic E-state index is 13.4. The molecular formula is C31H28N4O. The van der Waals surface area contributed by atoms with Gasteiger partial charge in [-0.25, -0.2) is 9.67 Å². The quantitative estimate of drug-likeness (QED) is 0.296. The van der Waals surface area contributed by atoms with Crippen LogP contribution >= 0.6 is 0 Å². The SMILES string of the molecule is O=C(N[C@H](Cc1ccccc1)c1ccccc1)c1nc(CCc2ccccc2)n(-c2ccccc2)n1. The molecule has 1 aromatic heterocycles. The van der Waals surface area contributed by atoms with Crippen molar-refractivity contribution in [3.05, 3.63) is 150 Å². The smallest absolute Gasteiger partial charge is 0.291 e. The Kier molecular flexibility index (Phi) is 7.28. The summed E-state index contributed by atoms with van der Waals surface area (Å²) in [6, 6.07) is 40.1. The minimum Gasteiger partial charge on any atom is -0.342 e. The van der Waals surface area contributed by atoms with Gasteiger partial charge < -0.3 is 5.32 Å². The van der Waals surface area contributed by atoms with Crippen LogP contribution in [0.4, 0.5) is 0 Å². The van der Waals surface area contributed by atoms with Gasteiger partial charge >= 0.3 is 0 Å². The molecule has 5 nitrogen and oxygen atoms in total. The molecule has 0 aliphatic carbocycles. The third-order valence-electron chi connectivity index (χ3n) is 6.15. The molecule has 0 unspecified atom stereocenters. The van der Waals surface area contributed by atoms with Crippen LogP contribution in [0.2, 0.25) is 0 Å². The summed E-state index contributed by atoms with van der Waals surface area (Å²) >= 11 is 0. The number of benzene rings is 4. The summed E-state index contributed by atoms with van der Waals surface area (Å²) in [7, 11) is 0. The molecule has 0 spiro atoms. The van der Waals surface area contributed by atoms with Crippen molar-refractivity contribution in [3.63, 3.8) is 0 Å². The summed E-state index contributed by atoms with van der Waals surface area (Å²) in [5.41, 5.74) is 4.30. The van der Waals surface area contributed by atoms with Gasteiger partial charge in [0.05, 0.1) is 11.7 Å². The first-order valence-electron chi connectivity index (χ1n) is 12.2. The van der Waals surface area contributed by atoms with Crippen LogP contribution in [0.1, 0.15) is 39.2 Å². The second-order valence-corrected chi connectivity index (χ2v) is 8.71. The van der Waals surface area contributed by atoms with Gasteiger partial charge in [0, 0.05) is 6.42 Å². The van der Waals surface area contributed by atoms with Gasteiger partial charge in [0.2, 0.25) is 5.82 Å². The molecule has 0 saturated carbocycles. The molecule has 4 aromatic carbocycles. The molecule has 0 saturated heterocycles. The fourth-order valence-corrected chi connectivity index (χ4v) is 4.29. The minimum absolute atomic E-state index is 0.177. The van der Waals surface area contributed by atoms with Gasteiger partial charge in [-0.2, -0.15) is 0 Å². The molecule has 0 aliphatic heterocycles. The molecule has 5 heteroatoms. The van der Waals surface area contributed by atoms with Crippen molar-refractivity contribution in [2.75, 3.05) is 0 Å². The zero-order valence-corrected chi connectivity index (χ0v) is 20.0.